The van der Waals surface area contributed by atoms with Crippen molar-refractivity contribution in [2.75, 3.05) is 0 Å². The lowest BCUT2D eigenvalue weighted by Crippen LogP contribution is -2.14. The number of halogens is 4. The Morgan fingerprint density at radius 2 is 1.92 bits per heavy atom. The summed E-state index contributed by atoms with van der Waals surface area (Å²) < 4.78 is 36.5. The smallest absolute Gasteiger partial charge is 0.166 e. The zero-order chi connectivity index (χ0) is 10.1. The van der Waals surface area contributed by atoms with Gasteiger partial charge in [-0.3, -0.25) is 0 Å². The zero-order valence-corrected chi connectivity index (χ0v) is 8.06. The van der Waals surface area contributed by atoms with E-state index in [9.17, 15) is 13.2 Å². The number of hydrogen-bond acceptors (Lipinski definition) is 1. The quantitative estimate of drug-likeness (QED) is 0.485. The van der Waals surface area contributed by atoms with Gasteiger partial charge in [0.15, 0.2) is 0 Å². The summed E-state index contributed by atoms with van der Waals surface area (Å²) in [7, 11) is 0. The molecule has 0 nitrogen and oxygen atoms in total. The highest BCUT2D eigenvalue weighted by Gasteiger charge is 2.33. The van der Waals surface area contributed by atoms with Crippen molar-refractivity contribution in [2.45, 2.75) is 19.0 Å². The summed E-state index contributed by atoms with van der Waals surface area (Å²) in [6.07, 6.45) is -1.62. The van der Waals surface area contributed by atoms with E-state index in [1.807, 2.05) is 0 Å². The Bertz CT molecular complexity index is 288. The minimum atomic E-state index is -4.23. The van der Waals surface area contributed by atoms with Crippen LogP contribution in [0, 0.1) is 0 Å². The van der Waals surface area contributed by atoms with Crippen molar-refractivity contribution < 1.29 is 13.2 Å². The van der Waals surface area contributed by atoms with Crippen molar-refractivity contribution >= 4 is 28.1 Å². The summed E-state index contributed by atoms with van der Waals surface area (Å²) in [6.45, 7) is 0. The molecule has 0 aliphatic heterocycles. The lowest BCUT2D eigenvalue weighted by atomic mass is 9.99. The second-order valence-electron chi connectivity index (χ2n) is 2.66. The molecule has 0 bridgehead atoms. The average Bonchev–Trinajstić information content (AvgIpc) is 2.03. The second kappa shape index (κ2) is 3.80. The molecular weight excluding hydrogens is 221 g/mol. The van der Waals surface area contributed by atoms with Gasteiger partial charge >= 0.3 is 6.18 Å². The van der Waals surface area contributed by atoms with E-state index in [1.54, 1.807) is 0 Å². The predicted molar refractivity (Wildman–Crippen MR) is 49.9 cm³/mol. The van der Waals surface area contributed by atoms with Crippen molar-refractivity contribution in [1.29, 1.82) is 0 Å². The van der Waals surface area contributed by atoms with Gasteiger partial charge in [-0.05, 0) is 18.4 Å². The number of hydrogen-bond donors (Lipinski definition) is 0. The first-order valence-corrected chi connectivity index (χ1v) is 4.36. The van der Waals surface area contributed by atoms with Gasteiger partial charge in [-0.2, -0.15) is 13.2 Å². The topological polar surface area (TPSA) is 0 Å². The minimum Gasteiger partial charge on any atom is -0.166 e. The SMILES string of the molecule is FC(F)(F)C1=CC=C(C(=S)Cl)CC1. The molecule has 0 atom stereocenters. The third kappa shape index (κ3) is 2.81. The van der Waals surface area contributed by atoms with Gasteiger partial charge in [-0.1, -0.05) is 36.0 Å². The minimum absolute atomic E-state index is 0.0395. The number of rotatable bonds is 1. The lowest BCUT2D eigenvalue weighted by molar-refractivity contribution is -0.0940. The molecule has 0 aromatic carbocycles. The van der Waals surface area contributed by atoms with Crippen LogP contribution in [0.4, 0.5) is 13.2 Å². The standard InChI is InChI=1S/C8H6ClF3S/c9-7(13)5-1-3-6(4-2-5)8(10,11)12/h1,3H,2,4H2. The fraction of sp³-hybridized carbons (Fsp3) is 0.375. The Hall–Kier alpha value is -0.350. The fourth-order valence-corrected chi connectivity index (χ4v) is 1.36. The molecule has 0 saturated heterocycles. The maximum Gasteiger partial charge on any atom is 0.412 e. The Balaban J connectivity index is 2.82. The van der Waals surface area contributed by atoms with Gasteiger partial charge < -0.3 is 0 Å². The van der Waals surface area contributed by atoms with E-state index in [0.717, 1.165) is 6.08 Å². The van der Waals surface area contributed by atoms with Crippen LogP contribution in [0.3, 0.4) is 0 Å². The molecule has 1 rings (SSSR count). The molecule has 1 aliphatic rings. The van der Waals surface area contributed by atoms with E-state index >= 15 is 0 Å². The summed E-state index contributed by atoms with van der Waals surface area (Å²) in [5.74, 6) is 0. The first-order chi connectivity index (χ1) is 5.91. The Kier molecular flexibility index (Phi) is 3.14. The normalized spacial score (nSPS) is 17.8. The zero-order valence-electron chi connectivity index (χ0n) is 6.49. The molecule has 0 aromatic heterocycles. The van der Waals surface area contributed by atoms with Crippen molar-refractivity contribution in [3.8, 4) is 0 Å². The van der Waals surface area contributed by atoms with Crippen LogP contribution in [0.25, 0.3) is 0 Å². The van der Waals surface area contributed by atoms with E-state index in [2.05, 4.69) is 12.2 Å². The largest absolute Gasteiger partial charge is 0.412 e. The second-order valence-corrected chi connectivity index (χ2v) is 3.67. The van der Waals surface area contributed by atoms with Crippen molar-refractivity contribution in [1.82, 2.24) is 0 Å². The molecule has 0 heterocycles. The number of allylic oxidation sites excluding steroid dienone is 4. The van der Waals surface area contributed by atoms with Gasteiger partial charge in [0.2, 0.25) is 0 Å². The fourth-order valence-electron chi connectivity index (χ4n) is 1.04. The Morgan fingerprint density at radius 3 is 2.23 bits per heavy atom. The van der Waals surface area contributed by atoms with Gasteiger partial charge in [-0.25, -0.2) is 0 Å². The maximum absolute atomic E-state index is 12.1. The molecule has 0 fully saturated rings. The maximum atomic E-state index is 12.1. The molecule has 0 N–H and O–H groups in total. The van der Waals surface area contributed by atoms with Gasteiger partial charge in [0.25, 0.3) is 0 Å². The summed E-state index contributed by atoms with van der Waals surface area (Å²) >= 11 is 10.1. The van der Waals surface area contributed by atoms with E-state index in [1.165, 1.54) is 6.08 Å². The van der Waals surface area contributed by atoms with Crippen molar-refractivity contribution in [3.63, 3.8) is 0 Å². The third-order valence-electron chi connectivity index (χ3n) is 1.77. The van der Waals surface area contributed by atoms with Crippen LogP contribution >= 0.6 is 23.8 Å². The highest BCUT2D eigenvalue weighted by molar-refractivity contribution is 7.83. The molecule has 0 radical (unpaired) electrons. The lowest BCUT2D eigenvalue weighted by Gasteiger charge is -2.15. The molecular formula is C8H6ClF3S. The van der Waals surface area contributed by atoms with Crippen molar-refractivity contribution in [3.05, 3.63) is 23.3 Å². The molecule has 1 aliphatic carbocycles. The monoisotopic (exact) mass is 226 g/mol. The molecule has 0 spiro atoms. The van der Waals surface area contributed by atoms with Gasteiger partial charge in [0.1, 0.15) is 4.32 Å². The molecule has 13 heavy (non-hydrogen) atoms. The van der Waals surface area contributed by atoms with E-state index in [4.69, 9.17) is 11.6 Å². The first-order valence-electron chi connectivity index (χ1n) is 3.58. The third-order valence-corrected chi connectivity index (χ3v) is 2.27. The number of alkyl halides is 3. The van der Waals surface area contributed by atoms with Crippen molar-refractivity contribution in [2.24, 2.45) is 0 Å². The highest BCUT2D eigenvalue weighted by Crippen LogP contribution is 2.33. The summed E-state index contributed by atoms with van der Waals surface area (Å²) in [4.78, 5) is 0. The van der Waals surface area contributed by atoms with E-state index in [0.29, 0.717) is 5.57 Å². The van der Waals surface area contributed by atoms with Gasteiger partial charge in [0.05, 0.1) is 0 Å². The van der Waals surface area contributed by atoms with Gasteiger partial charge in [-0.15, -0.1) is 0 Å². The summed E-state index contributed by atoms with van der Waals surface area (Å²) in [5, 5.41) is 0. The van der Waals surface area contributed by atoms with Crippen LogP contribution in [0.1, 0.15) is 12.8 Å². The van der Waals surface area contributed by atoms with Gasteiger partial charge in [0, 0.05) is 5.57 Å². The molecule has 0 aromatic rings. The summed E-state index contributed by atoms with van der Waals surface area (Å²) in [6, 6.07) is 0. The molecule has 0 saturated carbocycles. The predicted octanol–water partition coefficient (Wildman–Crippen LogP) is 3.76. The Labute approximate surface area is 84.1 Å². The molecule has 0 amide bonds. The van der Waals surface area contributed by atoms with Crippen LogP contribution in [-0.4, -0.2) is 10.5 Å². The van der Waals surface area contributed by atoms with Crippen LogP contribution in [0.15, 0.2) is 23.3 Å². The van der Waals surface area contributed by atoms with Crippen LogP contribution < -0.4 is 0 Å². The number of thiocarbonyl (C=S) groups is 1. The molecule has 5 heteroatoms. The van der Waals surface area contributed by atoms with Crippen LogP contribution in [0.5, 0.6) is 0 Å². The Morgan fingerprint density at radius 1 is 1.31 bits per heavy atom. The summed E-state index contributed by atoms with van der Waals surface area (Å²) in [5.41, 5.74) is 0.0776. The van der Waals surface area contributed by atoms with E-state index in [-0.39, 0.29) is 17.2 Å². The van der Waals surface area contributed by atoms with Crippen LogP contribution in [-0.2, 0) is 0 Å². The molecule has 0 unspecified atom stereocenters. The first kappa shape index (κ1) is 10.7. The highest BCUT2D eigenvalue weighted by atomic mass is 35.5. The van der Waals surface area contributed by atoms with Crippen LogP contribution in [0.2, 0.25) is 0 Å². The molecule has 72 valence electrons. The average molecular weight is 227 g/mol. The van der Waals surface area contributed by atoms with E-state index < -0.39 is 11.7 Å².